The van der Waals surface area contributed by atoms with E-state index in [1.807, 2.05) is 6.92 Å². The van der Waals surface area contributed by atoms with Gasteiger partial charge in [-0.15, -0.1) is 0 Å². The highest BCUT2D eigenvalue weighted by Gasteiger charge is 2.25. The summed E-state index contributed by atoms with van der Waals surface area (Å²) in [5, 5.41) is 0.401. The number of aromatic nitrogens is 3. The van der Waals surface area contributed by atoms with Gasteiger partial charge in [-0.3, -0.25) is 18.6 Å². The van der Waals surface area contributed by atoms with E-state index in [0.29, 0.717) is 22.1 Å². The Morgan fingerprint density at radius 3 is 2.42 bits per heavy atom. The Morgan fingerprint density at radius 2 is 1.85 bits per heavy atom. The molecule has 0 aliphatic rings. The monoisotopic (exact) mass is 355 g/mol. The molecule has 0 bridgehead atoms. The molecule has 2 heterocycles. The number of fused-ring (bicyclic) bond motifs is 3. The third-order valence-electron chi connectivity index (χ3n) is 4.06. The third-order valence-corrected chi connectivity index (χ3v) is 4.06. The molecule has 136 valence electrons. The van der Waals surface area contributed by atoms with E-state index < -0.39 is 11.6 Å². The molecule has 26 heavy (non-hydrogen) atoms. The summed E-state index contributed by atoms with van der Waals surface area (Å²) in [6.45, 7) is 8.55. The second-order valence-corrected chi connectivity index (χ2v) is 7.42. The Hall–Kier alpha value is -2.96. The van der Waals surface area contributed by atoms with Gasteiger partial charge in [-0.25, -0.2) is 9.78 Å². The van der Waals surface area contributed by atoms with E-state index >= 15 is 0 Å². The first-order valence-corrected chi connectivity index (χ1v) is 8.26. The number of nitrogens with zero attached hydrogens (tertiary/aromatic N) is 3. The third kappa shape index (κ3) is 2.79. The molecule has 0 saturated carbocycles. The lowest BCUT2D eigenvalue weighted by Gasteiger charge is -2.19. The van der Waals surface area contributed by atoms with E-state index in [9.17, 15) is 14.4 Å². The predicted octanol–water partition coefficient (Wildman–Crippen LogP) is 2.65. The van der Waals surface area contributed by atoms with Crippen LogP contribution in [0.5, 0.6) is 0 Å². The molecule has 0 spiro atoms. The number of carbonyl (C=O) groups is 2. The average molecular weight is 355 g/mol. The molecule has 7 heteroatoms. The van der Waals surface area contributed by atoms with E-state index in [1.54, 1.807) is 44.4 Å². The van der Waals surface area contributed by atoms with Crippen molar-refractivity contribution in [2.45, 2.75) is 40.2 Å². The molecule has 0 radical (unpaired) electrons. The number of esters is 1. The van der Waals surface area contributed by atoms with Gasteiger partial charge in [0.15, 0.2) is 17.1 Å². The summed E-state index contributed by atoms with van der Waals surface area (Å²) >= 11 is 0. The molecule has 0 unspecified atom stereocenters. The predicted molar refractivity (Wildman–Crippen MR) is 97.8 cm³/mol. The number of ether oxygens (including phenoxy) is 1. The smallest absolute Gasteiger partial charge is 0.361 e. The highest BCUT2D eigenvalue weighted by Crippen LogP contribution is 2.23. The van der Waals surface area contributed by atoms with E-state index in [2.05, 4.69) is 4.98 Å². The second kappa shape index (κ2) is 5.79. The lowest BCUT2D eigenvalue weighted by atomic mass is 10.0. The number of imidazole rings is 1. The lowest BCUT2D eigenvalue weighted by Crippen LogP contribution is -2.26. The van der Waals surface area contributed by atoms with E-state index in [-0.39, 0.29) is 17.0 Å². The molecule has 0 N–H and O–H groups in total. The van der Waals surface area contributed by atoms with Crippen molar-refractivity contribution in [3.63, 3.8) is 0 Å². The van der Waals surface area contributed by atoms with Crippen molar-refractivity contribution >= 4 is 28.3 Å². The molecular weight excluding hydrogens is 334 g/mol. The number of Topliss-reactive ketones (excluding diaryl/α,β-unsaturated/α-hetero) is 1. The van der Waals surface area contributed by atoms with Crippen LogP contribution in [0, 0.1) is 6.92 Å². The van der Waals surface area contributed by atoms with Crippen molar-refractivity contribution in [2.75, 3.05) is 0 Å². The van der Waals surface area contributed by atoms with Gasteiger partial charge in [0.25, 0.3) is 5.56 Å². The number of ketones is 1. The molecule has 0 fully saturated rings. The first-order valence-electron chi connectivity index (χ1n) is 8.26. The number of hydrogen-bond acceptors (Lipinski definition) is 5. The van der Waals surface area contributed by atoms with Crippen molar-refractivity contribution in [1.82, 2.24) is 14.0 Å². The van der Waals surface area contributed by atoms with Gasteiger partial charge in [-0.1, -0.05) is 0 Å². The molecule has 3 aromatic rings. The van der Waals surface area contributed by atoms with E-state index in [1.165, 1.54) is 17.8 Å². The second-order valence-electron chi connectivity index (χ2n) is 7.42. The Labute approximate surface area is 150 Å². The highest BCUT2D eigenvalue weighted by atomic mass is 16.6. The van der Waals surface area contributed by atoms with Crippen LogP contribution in [0.15, 0.2) is 23.3 Å². The highest BCUT2D eigenvalue weighted by molar-refractivity contribution is 6.07. The van der Waals surface area contributed by atoms with Crippen molar-refractivity contribution in [3.05, 3.63) is 45.6 Å². The number of benzene rings is 1. The minimum Gasteiger partial charge on any atom is -0.455 e. The molecule has 7 nitrogen and oxygen atoms in total. The van der Waals surface area contributed by atoms with Crippen LogP contribution in [0.4, 0.5) is 0 Å². The zero-order valence-electron chi connectivity index (χ0n) is 15.7. The van der Waals surface area contributed by atoms with Gasteiger partial charge in [0.2, 0.25) is 0 Å². The fraction of sp³-hybridized carbons (Fsp3) is 0.368. The summed E-state index contributed by atoms with van der Waals surface area (Å²) in [4.78, 5) is 41.7. The van der Waals surface area contributed by atoms with Gasteiger partial charge in [0.1, 0.15) is 11.9 Å². The fourth-order valence-electron chi connectivity index (χ4n) is 3.04. The summed E-state index contributed by atoms with van der Waals surface area (Å²) in [7, 11) is 1.57. The molecular formula is C19H21N3O4. The molecule has 0 aliphatic carbocycles. The Kier molecular flexibility index (Phi) is 3.98. The van der Waals surface area contributed by atoms with E-state index in [0.717, 1.165) is 5.56 Å². The Bertz CT molecular complexity index is 1130. The quantitative estimate of drug-likeness (QED) is 0.521. The zero-order valence-corrected chi connectivity index (χ0v) is 15.7. The first-order chi connectivity index (χ1) is 12.0. The lowest BCUT2D eigenvalue weighted by molar-refractivity contribution is 0.00652. The topological polar surface area (TPSA) is 82.7 Å². The maximum Gasteiger partial charge on any atom is 0.361 e. The van der Waals surface area contributed by atoms with Crippen LogP contribution in [0.1, 0.15) is 54.1 Å². The SMILES string of the molecule is CC(=O)c1cc(C)cc2c(=O)n(C)c3c(C(=O)OC(C)(C)C)ncn3c12. The standard InChI is InChI=1S/C19H21N3O4/c1-10-7-12(11(2)23)15-13(8-10)17(24)21(6)16-14(20-9-22(15)16)18(25)26-19(3,4)5/h7-9H,1-6H3. The van der Waals surface area contributed by atoms with Gasteiger partial charge in [-0.05, 0) is 52.3 Å². The summed E-state index contributed by atoms with van der Waals surface area (Å²) in [6.07, 6.45) is 1.44. The van der Waals surface area contributed by atoms with Crippen LogP contribution >= 0.6 is 0 Å². The summed E-state index contributed by atoms with van der Waals surface area (Å²) in [5.74, 6) is -0.786. The largest absolute Gasteiger partial charge is 0.455 e. The number of carbonyl (C=O) groups excluding carboxylic acids is 2. The molecule has 2 aromatic heterocycles. The fourth-order valence-corrected chi connectivity index (χ4v) is 3.04. The van der Waals surface area contributed by atoms with Gasteiger partial charge >= 0.3 is 5.97 Å². The Morgan fingerprint density at radius 1 is 1.19 bits per heavy atom. The average Bonchev–Trinajstić information content (AvgIpc) is 2.95. The van der Waals surface area contributed by atoms with Crippen molar-refractivity contribution in [1.29, 1.82) is 0 Å². The van der Waals surface area contributed by atoms with Crippen molar-refractivity contribution in [2.24, 2.45) is 7.05 Å². The van der Waals surface area contributed by atoms with Crippen molar-refractivity contribution < 1.29 is 14.3 Å². The van der Waals surface area contributed by atoms with Crippen LogP contribution in [-0.2, 0) is 11.8 Å². The van der Waals surface area contributed by atoms with Crippen LogP contribution in [-0.4, -0.2) is 31.3 Å². The maximum absolute atomic E-state index is 12.9. The van der Waals surface area contributed by atoms with E-state index in [4.69, 9.17) is 4.74 Å². The van der Waals surface area contributed by atoms with Crippen LogP contribution < -0.4 is 5.56 Å². The summed E-state index contributed by atoms with van der Waals surface area (Å²) in [6, 6.07) is 3.47. The minimum atomic E-state index is -0.690. The molecule has 0 saturated heterocycles. The maximum atomic E-state index is 12.9. The van der Waals surface area contributed by atoms with Gasteiger partial charge in [0, 0.05) is 12.6 Å². The van der Waals surface area contributed by atoms with Crippen LogP contribution in [0.25, 0.3) is 16.6 Å². The normalized spacial score (nSPS) is 11.9. The Balaban J connectivity index is 2.44. The zero-order chi connectivity index (χ0) is 19.4. The first kappa shape index (κ1) is 17.8. The molecule has 0 atom stereocenters. The summed E-state index contributed by atoms with van der Waals surface area (Å²) in [5.41, 5.74) is 1.01. The molecule has 1 aromatic carbocycles. The molecule has 0 amide bonds. The van der Waals surface area contributed by atoms with Crippen LogP contribution in [0.2, 0.25) is 0 Å². The number of aryl methyl sites for hydroxylation is 2. The number of hydrogen-bond donors (Lipinski definition) is 0. The van der Waals surface area contributed by atoms with Gasteiger partial charge < -0.3 is 4.74 Å². The minimum absolute atomic E-state index is 0.0384. The molecule has 0 aliphatic heterocycles. The molecule has 3 rings (SSSR count). The van der Waals surface area contributed by atoms with Gasteiger partial charge in [0.05, 0.1) is 10.9 Å². The summed E-state index contributed by atoms with van der Waals surface area (Å²) < 4.78 is 8.36. The number of rotatable bonds is 2. The van der Waals surface area contributed by atoms with Crippen LogP contribution in [0.3, 0.4) is 0 Å². The van der Waals surface area contributed by atoms with Gasteiger partial charge in [-0.2, -0.15) is 0 Å². The van der Waals surface area contributed by atoms with Crippen molar-refractivity contribution in [3.8, 4) is 0 Å².